The zero-order chi connectivity index (χ0) is 10.2. The number of hydrogen-bond acceptors (Lipinski definition) is 4. The summed E-state index contributed by atoms with van der Waals surface area (Å²) in [5.41, 5.74) is 5.63. The Labute approximate surface area is 75.3 Å². The fraction of sp³-hybridized carbons (Fsp3) is 0.429. The number of carbonyl (C=O) groups is 2. The van der Waals surface area contributed by atoms with Gasteiger partial charge in [0.1, 0.15) is 0 Å². The molecule has 1 rings (SSSR count). The first-order valence-corrected chi connectivity index (χ1v) is 3.66. The molecule has 70 valence electrons. The molecule has 0 atom stereocenters. The van der Waals surface area contributed by atoms with Crippen molar-refractivity contribution in [2.24, 2.45) is 10.7 Å². The molecular weight excluding hydrogens is 172 g/mol. The summed E-state index contributed by atoms with van der Waals surface area (Å²) >= 11 is 0. The van der Waals surface area contributed by atoms with E-state index in [9.17, 15) is 9.59 Å². The second kappa shape index (κ2) is 2.96. The van der Waals surface area contributed by atoms with Gasteiger partial charge in [0.15, 0.2) is 0 Å². The Morgan fingerprint density at radius 1 is 1.46 bits per heavy atom. The summed E-state index contributed by atoms with van der Waals surface area (Å²) in [5, 5.41) is 0. The first-order valence-electron chi connectivity index (χ1n) is 3.66. The van der Waals surface area contributed by atoms with E-state index < -0.39 is 11.9 Å². The van der Waals surface area contributed by atoms with E-state index in [1.165, 1.54) is 25.7 Å². The van der Waals surface area contributed by atoms with E-state index in [0.29, 0.717) is 0 Å². The van der Waals surface area contributed by atoms with Crippen molar-refractivity contribution in [3.05, 3.63) is 0 Å². The number of imide groups is 1. The zero-order valence-electron chi connectivity index (χ0n) is 7.74. The van der Waals surface area contributed by atoms with Crippen LogP contribution in [0.4, 0.5) is 4.79 Å². The molecule has 0 aliphatic carbocycles. The normalized spacial score (nSPS) is 21.8. The summed E-state index contributed by atoms with van der Waals surface area (Å²) in [4.78, 5) is 27.3. The van der Waals surface area contributed by atoms with Crippen LogP contribution in [0.3, 0.4) is 0 Å². The van der Waals surface area contributed by atoms with E-state index >= 15 is 0 Å². The van der Waals surface area contributed by atoms with Crippen molar-refractivity contribution in [3.8, 4) is 0 Å². The Balaban J connectivity index is 3.33. The van der Waals surface area contributed by atoms with Crippen LogP contribution >= 0.6 is 0 Å². The molecule has 0 saturated heterocycles. The number of rotatable bonds is 0. The Bertz CT molecular complexity index is 342. The fourth-order valence-corrected chi connectivity index (χ4v) is 1.05. The Kier molecular flexibility index (Phi) is 2.14. The molecule has 1 aliphatic heterocycles. The lowest BCUT2D eigenvalue weighted by molar-refractivity contribution is -0.401. The second-order valence-corrected chi connectivity index (χ2v) is 2.66. The van der Waals surface area contributed by atoms with E-state index in [4.69, 9.17) is 5.73 Å². The van der Waals surface area contributed by atoms with Crippen molar-refractivity contribution in [2.45, 2.75) is 0 Å². The number of aliphatic imine (C=N–C) groups is 1. The smallest absolute Gasteiger partial charge is 0.316 e. The molecule has 0 aromatic heterocycles. The summed E-state index contributed by atoms with van der Waals surface area (Å²) < 4.78 is 1.18. The SMILES string of the molecule is CN=C1C(=O)N(C)C(=O)[N+](C)=C1N. The van der Waals surface area contributed by atoms with Gasteiger partial charge >= 0.3 is 11.9 Å². The minimum atomic E-state index is -0.469. The zero-order valence-corrected chi connectivity index (χ0v) is 7.74. The van der Waals surface area contributed by atoms with Crippen LogP contribution in [0.5, 0.6) is 0 Å². The average Bonchev–Trinajstić information content (AvgIpc) is 2.13. The molecule has 0 unspecified atom stereocenters. The van der Waals surface area contributed by atoms with Crippen molar-refractivity contribution in [1.29, 1.82) is 0 Å². The predicted octanol–water partition coefficient (Wildman–Crippen LogP) is -1.35. The number of nitrogens with two attached hydrogens (primary N) is 1. The van der Waals surface area contributed by atoms with Crippen molar-refractivity contribution in [2.75, 3.05) is 21.1 Å². The number of hydrogen-bond donors (Lipinski definition) is 1. The molecule has 0 aromatic carbocycles. The highest BCUT2D eigenvalue weighted by molar-refractivity contribution is 6.67. The van der Waals surface area contributed by atoms with Gasteiger partial charge in [-0.25, -0.2) is 9.59 Å². The molecule has 0 spiro atoms. The van der Waals surface area contributed by atoms with Gasteiger partial charge in [-0.2, -0.15) is 9.48 Å². The van der Waals surface area contributed by atoms with Gasteiger partial charge in [0, 0.05) is 7.05 Å². The third kappa shape index (κ3) is 1.20. The van der Waals surface area contributed by atoms with Crippen molar-refractivity contribution in [3.63, 3.8) is 0 Å². The lowest BCUT2D eigenvalue weighted by Gasteiger charge is -2.17. The largest absolute Gasteiger partial charge is 0.445 e. The summed E-state index contributed by atoms with van der Waals surface area (Å²) in [5.74, 6) is -0.376. The molecular formula is C7H11N4O2+. The van der Waals surface area contributed by atoms with Crippen LogP contribution in [0.25, 0.3) is 0 Å². The van der Waals surface area contributed by atoms with E-state index in [2.05, 4.69) is 4.99 Å². The molecule has 0 radical (unpaired) electrons. The Morgan fingerprint density at radius 2 is 2.00 bits per heavy atom. The van der Waals surface area contributed by atoms with E-state index in [0.717, 1.165) is 4.90 Å². The minimum Gasteiger partial charge on any atom is -0.316 e. The summed E-state index contributed by atoms with van der Waals surface area (Å²) in [6.07, 6.45) is 0. The topological polar surface area (TPSA) is 78.8 Å². The Morgan fingerprint density at radius 3 is 2.46 bits per heavy atom. The van der Waals surface area contributed by atoms with Crippen LogP contribution in [0.1, 0.15) is 0 Å². The number of urea groups is 1. The second-order valence-electron chi connectivity index (χ2n) is 2.66. The lowest BCUT2D eigenvalue weighted by atomic mass is 10.2. The Hall–Kier alpha value is -1.72. The maximum absolute atomic E-state index is 11.4. The summed E-state index contributed by atoms with van der Waals surface area (Å²) in [6.45, 7) is 0. The van der Waals surface area contributed by atoms with E-state index in [1.54, 1.807) is 0 Å². The highest BCUT2D eigenvalue weighted by Gasteiger charge is 2.38. The van der Waals surface area contributed by atoms with Gasteiger partial charge in [-0.3, -0.25) is 4.99 Å². The molecule has 0 saturated carbocycles. The molecule has 1 aliphatic rings. The van der Waals surface area contributed by atoms with Crippen LogP contribution in [-0.2, 0) is 4.79 Å². The molecule has 0 bridgehead atoms. The van der Waals surface area contributed by atoms with Gasteiger partial charge < -0.3 is 5.73 Å². The van der Waals surface area contributed by atoms with Gasteiger partial charge in [-0.15, -0.1) is 0 Å². The number of amides is 3. The quantitative estimate of drug-likeness (QED) is 0.471. The van der Waals surface area contributed by atoms with Crippen molar-refractivity contribution < 1.29 is 14.2 Å². The van der Waals surface area contributed by atoms with Crippen LogP contribution in [-0.4, -0.2) is 54.1 Å². The van der Waals surface area contributed by atoms with Gasteiger partial charge in [0.25, 0.3) is 5.84 Å². The predicted molar refractivity (Wildman–Crippen MR) is 46.9 cm³/mol. The van der Waals surface area contributed by atoms with Gasteiger partial charge in [0.2, 0.25) is 5.71 Å². The van der Waals surface area contributed by atoms with Gasteiger partial charge in [-0.1, -0.05) is 0 Å². The fourth-order valence-electron chi connectivity index (χ4n) is 1.05. The first-order chi connectivity index (χ1) is 6.00. The van der Waals surface area contributed by atoms with Crippen LogP contribution < -0.4 is 5.73 Å². The van der Waals surface area contributed by atoms with Crippen LogP contribution in [0.2, 0.25) is 0 Å². The number of carbonyl (C=O) groups excluding carboxylic acids is 2. The van der Waals surface area contributed by atoms with E-state index in [1.807, 2.05) is 0 Å². The number of amidine groups is 1. The highest BCUT2D eigenvalue weighted by atomic mass is 16.2. The van der Waals surface area contributed by atoms with Crippen LogP contribution in [0.15, 0.2) is 4.99 Å². The molecule has 2 N–H and O–H groups in total. The molecule has 1 heterocycles. The minimum absolute atomic E-state index is 0.0931. The third-order valence-electron chi connectivity index (χ3n) is 1.91. The lowest BCUT2D eigenvalue weighted by Crippen LogP contribution is -2.55. The highest BCUT2D eigenvalue weighted by Crippen LogP contribution is 1.99. The van der Waals surface area contributed by atoms with Crippen molar-refractivity contribution in [1.82, 2.24) is 4.90 Å². The monoisotopic (exact) mass is 183 g/mol. The standard InChI is InChI=1S/C7H10N4O2/c1-9-4-5(8)10(2)7(13)11(3)6(4)12/h8H,1-3H3/p+1. The third-order valence-corrected chi connectivity index (χ3v) is 1.91. The first kappa shape index (κ1) is 9.37. The summed E-state index contributed by atoms with van der Waals surface area (Å²) in [7, 11) is 4.34. The van der Waals surface area contributed by atoms with Crippen LogP contribution in [0, 0.1) is 0 Å². The van der Waals surface area contributed by atoms with Gasteiger partial charge in [0.05, 0.1) is 14.1 Å². The summed E-state index contributed by atoms with van der Waals surface area (Å²) in [6, 6.07) is -0.449. The number of nitrogens with zero attached hydrogens (tertiary/aromatic N) is 3. The molecule has 0 aromatic rings. The maximum atomic E-state index is 11.4. The molecule has 6 heteroatoms. The van der Waals surface area contributed by atoms with Crippen molar-refractivity contribution >= 4 is 23.5 Å². The molecule has 6 nitrogen and oxygen atoms in total. The maximum Gasteiger partial charge on any atom is 0.445 e. The van der Waals surface area contributed by atoms with E-state index in [-0.39, 0.29) is 11.5 Å². The molecule has 0 fully saturated rings. The van der Waals surface area contributed by atoms with Gasteiger partial charge in [-0.05, 0) is 0 Å². The molecule has 3 amide bonds. The average molecular weight is 183 g/mol. The molecule has 13 heavy (non-hydrogen) atoms.